The minimum absolute atomic E-state index is 0.0208. The molecule has 3 heterocycles. The summed E-state index contributed by atoms with van der Waals surface area (Å²) >= 11 is 0. The summed E-state index contributed by atoms with van der Waals surface area (Å²) in [6.07, 6.45) is 1.18. The van der Waals surface area contributed by atoms with Crippen LogP contribution in [0.3, 0.4) is 0 Å². The molecule has 3 aromatic rings. The second-order valence-corrected chi connectivity index (χ2v) is 21.6. The number of ether oxygens (including phenoxy) is 11. The highest BCUT2D eigenvalue weighted by molar-refractivity contribution is 5.94. The van der Waals surface area contributed by atoms with E-state index < -0.39 is 27.0 Å². The van der Waals surface area contributed by atoms with Gasteiger partial charge in [0.15, 0.2) is 0 Å². The number of benzene rings is 2. The van der Waals surface area contributed by atoms with Crippen molar-refractivity contribution in [2.24, 2.45) is 11.3 Å². The van der Waals surface area contributed by atoms with E-state index in [1.54, 1.807) is 29.2 Å². The van der Waals surface area contributed by atoms with E-state index in [1.807, 2.05) is 0 Å². The molecule has 1 aromatic heterocycles. The summed E-state index contributed by atoms with van der Waals surface area (Å²) in [6, 6.07) is 11.9. The van der Waals surface area contributed by atoms with Crippen LogP contribution in [0.25, 0.3) is 0 Å². The molecule has 3 N–H and O–H groups in total. The van der Waals surface area contributed by atoms with Crippen LogP contribution in [0.5, 0.6) is 5.75 Å². The Balaban J connectivity index is 0.685. The van der Waals surface area contributed by atoms with E-state index in [4.69, 9.17) is 52.1 Å². The van der Waals surface area contributed by atoms with E-state index in [2.05, 4.69) is 34.8 Å². The monoisotopic (exact) mass is 1240 g/mol. The number of nitro benzene ring substituents is 2. The van der Waals surface area contributed by atoms with E-state index in [0.717, 1.165) is 51.4 Å². The Labute approximate surface area is 506 Å². The van der Waals surface area contributed by atoms with Crippen molar-refractivity contribution in [2.45, 2.75) is 96.4 Å². The number of halogens is 3. The highest BCUT2D eigenvalue weighted by Gasteiger charge is 2.50. The fourth-order valence-electron chi connectivity index (χ4n) is 10.5. The molecular weight excluding hydrogens is 1150 g/mol. The number of nitrogens with zero attached hydrogens (tertiary/aromatic N) is 4. The zero-order valence-corrected chi connectivity index (χ0v) is 50.3. The van der Waals surface area contributed by atoms with Crippen LogP contribution in [0.4, 0.5) is 30.2 Å². The molecule has 0 unspecified atom stereocenters. The third-order valence-corrected chi connectivity index (χ3v) is 15.3. The number of aromatic nitrogens is 1. The van der Waals surface area contributed by atoms with Crippen LogP contribution in [0, 0.1) is 31.6 Å². The number of hydrogen-bond donors (Lipinski definition) is 3. The Morgan fingerprint density at radius 2 is 1.25 bits per heavy atom. The first-order valence-electron chi connectivity index (χ1n) is 30.2. The van der Waals surface area contributed by atoms with Gasteiger partial charge in [-0.1, -0.05) is 13.8 Å². The van der Waals surface area contributed by atoms with Gasteiger partial charge in [0, 0.05) is 75.2 Å². The molecule has 486 valence electrons. The van der Waals surface area contributed by atoms with Crippen molar-refractivity contribution in [1.29, 1.82) is 0 Å². The molecule has 2 atom stereocenters. The number of alkyl halides is 3. The molecule has 0 spiro atoms. The molecule has 2 aliphatic heterocycles. The van der Waals surface area contributed by atoms with Crippen molar-refractivity contribution in [3.8, 4) is 5.75 Å². The van der Waals surface area contributed by atoms with E-state index >= 15 is 0 Å². The molecule has 2 amide bonds. The third-order valence-electron chi connectivity index (χ3n) is 15.3. The van der Waals surface area contributed by atoms with Crippen molar-refractivity contribution >= 4 is 28.9 Å². The van der Waals surface area contributed by atoms with Crippen molar-refractivity contribution < 1.29 is 84.7 Å². The summed E-state index contributed by atoms with van der Waals surface area (Å²) < 4.78 is 104. The average Bonchev–Trinajstić information content (AvgIpc) is 2.04. The molecule has 1 saturated carbocycles. The summed E-state index contributed by atoms with van der Waals surface area (Å²) in [5.74, 6) is 0.404. The molecule has 27 heteroatoms. The molecule has 2 aromatic carbocycles. The largest absolute Gasteiger partial charge is 0.494 e. The van der Waals surface area contributed by atoms with Crippen LogP contribution < -0.4 is 20.7 Å². The van der Waals surface area contributed by atoms with Gasteiger partial charge in [-0.3, -0.25) is 34.8 Å². The molecule has 24 nitrogen and oxygen atoms in total. The first-order valence-corrected chi connectivity index (χ1v) is 30.2. The van der Waals surface area contributed by atoms with Gasteiger partial charge in [-0.15, -0.1) is 0 Å². The lowest BCUT2D eigenvalue weighted by Gasteiger charge is -2.40. The standard InChI is InChI=1S/C60H88F3N7O17/c1-45(2)59(16-12-49(43-59)66-48-14-21-77-22-15-48)58(72)68-19-13-53-47(44-68)41-52(60(61,62)63)54(67-53)5-3-4-20-87-51-9-6-46(7-10-51)57(71)65-18-24-79-26-28-81-30-32-83-34-36-85-38-40-86-39-37-84-35-33-82-31-29-80-27-25-78-23-17-64-55-11-8-50(69(73)74)42-56(55)70(75)76/h6-11,41-42,45,48-49,64,66H,3-5,12-40,43-44H2,1-2H3,(H,65,71)/t49-,59+/m1/s1. The second kappa shape index (κ2) is 38.6. The molecule has 0 bridgehead atoms. The molecule has 0 radical (unpaired) electrons. The number of anilines is 1. The van der Waals surface area contributed by atoms with E-state index in [9.17, 15) is 43.0 Å². The van der Waals surface area contributed by atoms with Gasteiger partial charge in [-0.2, -0.15) is 13.2 Å². The second-order valence-electron chi connectivity index (χ2n) is 21.6. The molecular formula is C60H88F3N7O17. The number of rotatable bonds is 44. The predicted octanol–water partition coefficient (Wildman–Crippen LogP) is 7.16. The number of pyridine rings is 1. The van der Waals surface area contributed by atoms with Gasteiger partial charge < -0.3 is 73.0 Å². The van der Waals surface area contributed by atoms with Crippen LogP contribution in [0.1, 0.15) is 91.7 Å². The van der Waals surface area contributed by atoms with Gasteiger partial charge in [0.05, 0.1) is 158 Å². The third kappa shape index (κ3) is 24.6. The Hall–Kier alpha value is -5.72. The molecule has 2 fully saturated rings. The van der Waals surface area contributed by atoms with Crippen LogP contribution in [-0.2, 0) is 77.7 Å². The molecule has 1 aliphatic carbocycles. The van der Waals surface area contributed by atoms with Crippen molar-refractivity contribution in [3.05, 3.63) is 96.8 Å². The van der Waals surface area contributed by atoms with Crippen LogP contribution in [0.2, 0.25) is 0 Å². The van der Waals surface area contributed by atoms with Gasteiger partial charge >= 0.3 is 6.18 Å². The van der Waals surface area contributed by atoms with Crippen LogP contribution in [-0.4, -0.2) is 202 Å². The number of amides is 2. The van der Waals surface area contributed by atoms with Crippen molar-refractivity contribution in [3.63, 3.8) is 0 Å². The molecule has 3 aliphatic rings. The number of carbonyl (C=O) groups excluding carboxylic acids is 2. The fourth-order valence-corrected chi connectivity index (χ4v) is 10.5. The maximum atomic E-state index is 14.5. The van der Waals surface area contributed by atoms with E-state index in [0.29, 0.717) is 173 Å². The molecule has 1 saturated heterocycles. The lowest BCUT2D eigenvalue weighted by molar-refractivity contribution is -0.393. The number of carbonyl (C=O) groups is 2. The van der Waals surface area contributed by atoms with Gasteiger partial charge in [0.25, 0.3) is 17.3 Å². The first-order chi connectivity index (χ1) is 42.1. The lowest BCUT2D eigenvalue weighted by Crippen LogP contribution is -2.49. The summed E-state index contributed by atoms with van der Waals surface area (Å²) in [5.41, 5.74) is -0.311. The smallest absolute Gasteiger partial charge is 0.418 e. The Morgan fingerprint density at radius 1 is 0.701 bits per heavy atom. The first kappa shape index (κ1) is 70.4. The normalized spacial score (nSPS) is 17.2. The Bertz CT molecular complexity index is 2530. The van der Waals surface area contributed by atoms with Gasteiger partial charge in [0.2, 0.25) is 5.91 Å². The maximum absolute atomic E-state index is 14.5. The zero-order chi connectivity index (χ0) is 62.1. The number of hydrogen-bond acceptors (Lipinski definition) is 20. The predicted molar refractivity (Wildman–Crippen MR) is 313 cm³/mol. The summed E-state index contributed by atoms with van der Waals surface area (Å²) in [6.45, 7) is 13.8. The maximum Gasteiger partial charge on any atom is 0.418 e. The van der Waals surface area contributed by atoms with Crippen molar-refractivity contribution in [2.75, 3.05) is 164 Å². The fraction of sp³-hybridized carbons (Fsp3) is 0.683. The van der Waals surface area contributed by atoms with Gasteiger partial charge in [0.1, 0.15) is 11.4 Å². The van der Waals surface area contributed by atoms with Gasteiger partial charge in [-0.05, 0) is 99.2 Å². The number of nitrogens with one attached hydrogen (secondary N) is 3. The number of non-ortho nitro benzene ring substituents is 1. The van der Waals surface area contributed by atoms with Crippen LogP contribution >= 0.6 is 0 Å². The highest BCUT2D eigenvalue weighted by atomic mass is 19.4. The SMILES string of the molecule is CC(C)[C@]1(C(=O)N2CCc3nc(CCCCOc4ccc(C(=O)NCCOCCOCCOCCOCCOCCOCCOCCOCCOCCNc5ccc([N+](=O)[O-])cc5[N+](=O)[O-])cc4)c(C(F)(F)F)cc3C2)CC[C@@H](NC2CCOCC2)C1. The zero-order valence-electron chi connectivity index (χ0n) is 50.3. The number of fused-ring (bicyclic) bond motifs is 1. The topological polar surface area (TPSA) is 274 Å². The average molecular weight is 1240 g/mol. The van der Waals surface area contributed by atoms with Crippen LogP contribution in [0.15, 0.2) is 48.5 Å². The van der Waals surface area contributed by atoms with E-state index in [-0.39, 0.29) is 79.3 Å². The van der Waals surface area contributed by atoms with Gasteiger partial charge in [-0.25, -0.2) is 0 Å². The Kier molecular flexibility index (Phi) is 31.3. The number of nitro groups is 2. The Morgan fingerprint density at radius 3 is 1.78 bits per heavy atom. The number of unbranched alkanes of at least 4 members (excludes halogenated alkanes) is 1. The summed E-state index contributed by atoms with van der Waals surface area (Å²) in [4.78, 5) is 54.0. The highest BCUT2D eigenvalue weighted by Crippen LogP contribution is 2.47. The number of aryl methyl sites for hydroxylation is 1. The molecule has 6 rings (SSSR count). The summed E-state index contributed by atoms with van der Waals surface area (Å²) in [5, 5.41) is 31.5. The minimum atomic E-state index is -4.59. The summed E-state index contributed by atoms with van der Waals surface area (Å²) in [7, 11) is 0. The van der Waals surface area contributed by atoms with Crippen molar-refractivity contribution in [1.82, 2.24) is 20.5 Å². The minimum Gasteiger partial charge on any atom is -0.494 e. The molecule has 87 heavy (non-hydrogen) atoms. The lowest BCUT2D eigenvalue weighted by atomic mass is 9.74. The van der Waals surface area contributed by atoms with E-state index in [1.165, 1.54) is 18.2 Å². The quantitative estimate of drug-likeness (QED) is 0.0288.